The van der Waals surface area contributed by atoms with Crippen molar-refractivity contribution < 1.29 is 14.3 Å². The van der Waals surface area contributed by atoms with Crippen LogP contribution in [0, 0.1) is 17.8 Å². The highest BCUT2D eigenvalue weighted by atomic mass is 16.5. The molecule has 2 saturated carbocycles. The smallest absolute Gasteiger partial charge is 0.311 e. The van der Waals surface area contributed by atoms with E-state index < -0.39 is 0 Å². The van der Waals surface area contributed by atoms with Crippen molar-refractivity contribution in [1.29, 1.82) is 0 Å². The van der Waals surface area contributed by atoms with Crippen LogP contribution in [-0.2, 0) is 14.3 Å². The lowest BCUT2D eigenvalue weighted by molar-refractivity contribution is -0.155. The minimum Gasteiger partial charge on any atom is -0.469 e. The predicted octanol–water partition coefficient (Wildman–Crippen LogP) is 2.39. The largest absolute Gasteiger partial charge is 0.469 e. The Labute approximate surface area is 97.5 Å². The van der Waals surface area contributed by atoms with Crippen LogP contribution < -0.4 is 0 Å². The van der Waals surface area contributed by atoms with E-state index in [1.807, 2.05) is 0 Å². The highest BCUT2D eigenvalue weighted by molar-refractivity contribution is 5.73. The van der Waals surface area contributed by atoms with Crippen molar-refractivity contribution in [2.45, 2.75) is 44.6 Å². The maximum Gasteiger partial charge on any atom is 0.311 e. The van der Waals surface area contributed by atoms with E-state index in [1.54, 1.807) is 7.11 Å². The molecule has 2 fully saturated rings. The van der Waals surface area contributed by atoms with E-state index in [0.717, 1.165) is 24.7 Å². The first kappa shape index (κ1) is 11.9. The summed E-state index contributed by atoms with van der Waals surface area (Å²) in [6, 6.07) is 0. The van der Waals surface area contributed by atoms with Crippen LogP contribution in [0.1, 0.15) is 38.5 Å². The molecule has 0 heterocycles. The van der Waals surface area contributed by atoms with Crippen LogP contribution in [0.4, 0.5) is 0 Å². The molecule has 2 aliphatic carbocycles. The summed E-state index contributed by atoms with van der Waals surface area (Å²) in [6.07, 6.45) is 7.36. The molecule has 0 spiro atoms. The van der Waals surface area contributed by atoms with Crippen molar-refractivity contribution in [3.63, 3.8) is 0 Å². The second-order valence-corrected chi connectivity index (χ2v) is 5.18. The lowest BCUT2D eigenvalue weighted by Crippen LogP contribution is -2.42. The Morgan fingerprint density at radius 1 is 1.06 bits per heavy atom. The number of esters is 1. The molecule has 0 aromatic carbocycles. The zero-order valence-electron chi connectivity index (χ0n) is 10.3. The number of methoxy groups -OCH3 is 2. The first-order valence-corrected chi connectivity index (χ1v) is 6.37. The second-order valence-electron chi connectivity index (χ2n) is 5.18. The minimum absolute atomic E-state index is 0.0330. The minimum atomic E-state index is -0.0872. The summed E-state index contributed by atoms with van der Waals surface area (Å²) in [5, 5.41) is 0. The molecule has 0 N–H and O–H groups in total. The first-order valence-electron chi connectivity index (χ1n) is 6.37. The quantitative estimate of drug-likeness (QED) is 0.678. The fourth-order valence-electron chi connectivity index (χ4n) is 3.51. The molecule has 0 bridgehead atoms. The first-order chi connectivity index (χ1) is 7.76. The summed E-state index contributed by atoms with van der Waals surface area (Å²) in [5.74, 6) is 1.38. The van der Waals surface area contributed by atoms with Gasteiger partial charge in [-0.05, 0) is 24.7 Å². The molecule has 16 heavy (non-hydrogen) atoms. The molecule has 0 aromatic rings. The third-order valence-corrected chi connectivity index (χ3v) is 4.41. The van der Waals surface area contributed by atoms with Gasteiger partial charge in [0.15, 0.2) is 0 Å². The van der Waals surface area contributed by atoms with Crippen molar-refractivity contribution in [3.8, 4) is 0 Å². The third kappa shape index (κ3) is 2.24. The Kier molecular flexibility index (Phi) is 3.85. The van der Waals surface area contributed by atoms with Crippen molar-refractivity contribution in [2.75, 3.05) is 14.2 Å². The van der Waals surface area contributed by atoms with Crippen LogP contribution in [0.15, 0.2) is 0 Å². The van der Waals surface area contributed by atoms with Crippen molar-refractivity contribution in [1.82, 2.24) is 0 Å². The van der Waals surface area contributed by atoms with Crippen LogP contribution in [0.25, 0.3) is 0 Å². The summed E-state index contributed by atoms with van der Waals surface area (Å²) < 4.78 is 10.4. The average Bonchev–Trinajstić information content (AvgIpc) is 2.36. The fraction of sp³-hybridized carbons (Fsp3) is 0.923. The van der Waals surface area contributed by atoms with Gasteiger partial charge in [0.2, 0.25) is 0 Å². The Morgan fingerprint density at radius 2 is 1.69 bits per heavy atom. The Hall–Kier alpha value is -0.570. The molecule has 0 aliphatic heterocycles. The van der Waals surface area contributed by atoms with Crippen LogP contribution >= 0.6 is 0 Å². The topological polar surface area (TPSA) is 35.5 Å². The zero-order chi connectivity index (χ0) is 11.5. The molecule has 0 saturated heterocycles. The van der Waals surface area contributed by atoms with Gasteiger partial charge in [0.25, 0.3) is 0 Å². The van der Waals surface area contributed by atoms with Gasteiger partial charge in [-0.15, -0.1) is 0 Å². The van der Waals surface area contributed by atoms with Crippen LogP contribution in [0.3, 0.4) is 0 Å². The van der Waals surface area contributed by atoms with Gasteiger partial charge in [-0.3, -0.25) is 4.79 Å². The summed E-state index contributed by atoms with van der Waals surface area (Å²) in [7, 11) is 3.19. The van der Waals surface area contributed by atoms with E-state index in [2.05, 4.69) is 0 Å². The Bertz CT molecular complexity index is 252. The van der Waals surface area contributed by atoms with Crippen LogP contribution in [0.2, 0.25) is 0 Å². The summed E-state index contributed by atoms with van der Waals surface area (Å²) in [5.41, 5.74) is 0. The highest BCUT2D eigenvalue weighted by Gasteiger charge is 2.41. The molecule has 0 aromatic heterocycles. The van der Waals surface area contributed by atoms with Gasteiger partial charge >= 0.3 is 5.97 Å². The van der Waals surface area contributed by atoms with Crippen molar-refractivity contribution in [2.24, 2.45) is 17.8 Å². The maximum absolute atomic E-state index is 11.7. The molecule has 4 atom stereocenters. The predicted molar refractivity (Wildman–Crippen MR) is 61.0 cm³/mol. The molecule has 92 valence electrons. The molecular weight excluding hydrogens is 204 g/mol. The lowest BCUT2D eigenvalue weighted by atomic mass is 9.66. The van der Waals surface area contributed by atoms with Crippen LogP contribution in [-0.4, -0.2) is 26.3 Å². The number of hydrogen-bond donors (Lipinski definition) is 0. The van der Waals surface area contributed by atoms with Crippen molar-refractivity contribution >= 4 is 5.97 Å². The van der Waals surface area contributed by atoms with Crippen LogP contribution in [0.5, 0.6) is 0 Å². The third-order valence-electron chi connectivity index (χ3n) is 4.41. The van der Waals surface area contributed by atoms with Gasteiger partial charge in [0.1, 0.15) is 0 Å². The van der Waals surface area contributed by atoms with Gasteiger partial charge < -0.3 is 9.47 Å². The number of rotatable bonds is 2. The lowest BCUT2D eigenvalue weighted by Gasteiger charge is -2.42. The normalized spacial score (nSPS) is 38.9. The van der Waals surface area contributed by atoms with Gasteiger partial charge in [0, 0.05) is 7.11 Å². The van der Waals surface area contributed by atoms with E-state index in [-0.39, 0.29) is 18.0 Å². The van der Waals surface area contributed by atoms with E-state index in [9.17, 15) is 4.79 Å². The van der Waals surface area contributed by atoms with Gasteiger partial charge in [-0.2, -0.15) is 0 Å². The number of hydrogen-bond acceptors (Lipinski definition) is 3. The van der Waals surface area contributed by atoms with E-state index in [4.69, 9.17) is 9.47 Å². The molecular formula is C13H22O3. The fourth-order valence-corrected chi connectivity index (χ4v) is 3.51. The van der Waals surface area contributed by atoms with E-state index in [1.165, 1.54) is 32.8 Å². The maximum atomic E-state index is 11.7. The zero-order valence-corrected chi connectivity index (χ0v) is 10.3. The van der Waals surface area contributed by atoms with Gasteiger partial charge in [-0.1, -0.05) is 25.7 Å². The van der Waals surface area contributed by atoms with Gasteiger partial charge in [-0.25, -0.2) is 0 Å². The Balaban J connectivity index is 2.05. The number of fused-ring (bicyclic) bond motifs is 1. The van der Waals surface area contributed by atoms with E-state index >= 15 is 0 Å². The Morgan fingerprint density at radius 3 is 2.25 bits per heavy atom. The molecule has 2 rings (SSSR count). The molecule has 3 heteroatoms. The monoisotopic (exact) mass is 226 g/mol. The second kappa shape index (κ2) is 5.17. The van der Waals surface area contributed by atoms with E-state index in [0.29, 0.717) is 0 Å². The molecule has 0 radical (unpaired) electrons. The molecule has 4 unspecified atom stereocenters. The van der Waals surface area contributed by atoms with Crippen molar-refractivity contribution in [3.05, 3.63) is 0 Å². The molecule has 3 nitrogen and oxygen atoms in total. The summed E-state index contributed by atoms with van der Waals surface area (Å²) >= 11 is 0. The summed E-state index contributed by atoms with van der Waals surface area (Å²) in [4.78, 5) is 11.7. The highest BCUT2D eigenvalue weighted by Crippen LogP contribution is 2.43. The number of carbonyl (C=O) groups is 1. The molecule has 0 amide bonds. The number of carbonyl (C=O) groups excluding carboxylic acids is 1. The molecule has 2 aliphatic rings. The standard InChI is InChI=1S/C13H22O3/c1-15-12-8-10-6-4-3-5-9(10)7-11(12)13(14)16-2/h9-12H,3-8H2,1-2H3. The van der Waals surface area contributed by atoms with Gasteiger partial charge in [0.05, 0.1) is 19.1 Å². The summed E-state index contributed by atoms with van der Waals surface area (Å²) in [6.45, 7) is 0. The SMILES string of the molecule is COC(=O)C1CC2CCCCC2CC1OC. The average molecular weight is 226 g/mol. The number of ether oxygens (including phenoxy) is 2.